The fourth-order valence-corrected chi connectivity index (χ4v) is 4.08. The van der Waals surface area contributed by atoms with Crippen LogP contribution in [0.2, 0.25) is 0 Å². The number of hydrogen-bond acceptors (Lipinski definition) is 5. The number of pyridine rings is 1. The summed E-state index contributed by atoms with van der Waals surface area (Å²) in [6.07, 6.45) is 4.75. The average molecular weight is 443 g/mol. The predicted molar refractivity (Wildman–Crippen MR) is 123 cm³/mol. The highest BCUT2D eigenvalue weighted by Gasteiger charge is 2.34. The topological polar surface area (TPSA) is 88.2 Å². The van der Waals surface area contributed by atoms with E-state index in [1.165, 1.54) is 12.1 Å². The molecule has 1 saturated carbocycles. The van der Waals surface area contributed by atoms with Crippen LogP contribution in [0.4, 0.5) is 10.4 Å². The van der Waals surface area contributed by atoms with Crippen molar-refractivity contribution >= 4 is 12.0 Å². The van der Waals surface area contributed by atoms with Gasteiger partial charge >= 0.3 is 5.97 Å². The lowest BCUT2D eigenvalue weighted by Crippen LogP contribution is -2.34. The summed E-state index contributed by atoms with van der Waals surface area (Å²) in [5, 5.41) is 12.3. The first-order chi connectivity index (χ1) is 16.1. The molecule has 0 atom stereocenters. The van der Waals surface area contributed by atoms with Crippen LogP contribution in [0, 0.1) is 17.7 Å². The van der Waals surface area contributed by atoms with Gasteiger partial charge in [0.1, 0.15) is 11.5 Å². The van der Waals surface area contributed by atoms with Crippen LogP contribution in [-0.2, 0) is 4.79 Å². The lowest BCUT2D eigenvalue weighted by molar-refractivity contribution is -0.146. The van der Waals surface area contributed by atoms with E-state index in [-0.39, 0.29) is 11.7 Å². The van der Waals surface area contributed by atoms with E-state index in [1.807, 2.05) is 36.4 Å². The predicted octanol–water partition coefficient (Wildman–Crippen LogP) is 5.73. The van der Waals surface area contributed by atoms with E-state index in [0.29, 0.717) is 42.8 Å². The summed E-state index contributed by atoms with van der Waals surface area (Å²) >= 11 is 0. The monoisotopic (exact) mass is 443 g/mol. The van der Waals surface area contributed by atoms with Crippen LogP contribution in [0.15, 0.2) is 77.5 Å². The van der Waals surface area contributed by atoms with Gasteiger partial charge in [-0.25, -0.2) is 4.39 Å². The maximum absolute atomic E-state index is 13.2. The molecule has 6 nitrogen and oxygen atoms in total. The molecule has 0 amide bonds. The van der Waals surface area contributed by atoms with Gasteiger partial charge in [-0.3, -0.25) is 9.78 Å². The molecule has 4 aromatic rings. The average Bonchev–Trinajstić information content (AvgIpc) is 3.23. The molecule has 0 radical (unpaired) electrons. The van der Waals surface area contributed by atoms with Crippen LogP contribution in [0.25, 0.3) is 33.7 Å². The molecule has 5 rings (SSSR count). The molecule has 2 aromatic carbocycles. The Kier molecular flexibility index (Phi) is 5.60. The van der Waals surface area contributed by atoms with Crippen molar-refractivity contribution in [2.75, 3.05) is 11.9 Å². The molecule has 1 fully saturated rings. The maximum atomic E-state index is 13.2. The highest BCUT2D eigenvalue weighted by Crippen LogP contribution is 2.37. The minimum absolute atomic E-state index is 0.248. The van der Waals surface area contributed by atoms with E-state index in [2.05, 4.69) is 15.3 Å². The van der Waals surface area contributed by atoms with Crippen LogP contribution in [0.3, 0.4) is 0 Å². The third-order valence-corrected chi connectivity index (χ3v) is 6.01. The van der Waals surface area contributed by atoms with Crippen LogP contribution in [0.5, 0.6) is 0 Å². The van der Waals surface area contributed by atoms with E-state index in [1.54, 1.807) is 24.5 Å². The first-order valence-electron chi connectivity index (χ1n) is 10.8. The van der Waals surface area contributed by atoms with E-state index in [4.69, 9.17) is 9.52 Å². The zero-order valence-electron chi connectivity index (χ0n) is 17.7. The van der Waals surface area contributed by atoms with Crippen molar-refractivity contribution in [1.29, 1.82) is 0 Å². The summed E-state index contributed by atoms with van der Waals surface area (Å²) in [6.45, 7) is 0.611. The number of nitrogens with zero attached hydrogens (tertiary/aromatic N) is 2. The number of carbonyl (C=O) groups is 1. The van der Waals surface area contributed by atoms with Gasteiger partial charge in [0, 0.05) is 30.1 Å². The van der Waals surface area contributed by atoms with Crippen LogP contribution >= 0.6 is 0 Å². The Morgan fingerprint density at radius 3 is 2.30 bits per heavy atom. The number of carboxylic acids is 1. The number of aliphatic carboxylic acids is 1. The lowest BCUT2D eigenvalue weighted by atomic mass is 9.75. The molecule has 0 aliphatic heterocycles. The highest BCUT2D eigenvalue weighted by atomic mass is 19.1. The van der Waals surface area contributed by atoms with Crippen molar-refractivity contribution in [2.24, 2.45) is 11.8 Å². The Morgan fingerprint density at radius 2 is 1.67 bits per heavy atom. The molecule has 2 N–H and O–H groups in total. The van der Waals surface area contributed by atoms with E-state index >= 15 is 0 Å². The molecule has 0 spiro atoms. The Balaban J connectivity index is 1.39. The van der Waals surface area contributed by atoms with Gasteiger partial charge in [0.25, 0.3) is 6.01 Å². The minimum Gasteiger partial charge on any atom is -0.481 e. The van der Waals surface area contributed by atoms with Crippen molar-refractivity contribution in [3.8, 4) is 33.7 Å². The number of benzene rings is 2. The van der Waals surface area contributed by atoms with Gasteiger partial charge in [-0.15, -0.1) is 0 Å². The largest absolute Gasteiger partial charge is 0.481 e. The van der Waals surface area contributed by atoms with Gasteiger partial charge in [0.2, 0.25) is 0 Å². The van der Waals surface area contributed by atoms with Gasteiger partial charge in [0.05, 0.1) is 5.92 Å². The number of carboxylic acid groups (broad SMARTS) is 1. The highest BCUT2D eigenvalue weighted by molar-refractivity contribution is 5.79. The van der Waals surface area contributed by atoms with Crippen molar-refractivity contribution in [2.45, 2.75) is 12.8 Å². The first-order valence-corrected chi connectivity index (χ1v) is 10.8. The summed E-state index contributed by atoms with van der Waals surface area (Å²) in [6, 6.07) is 18.4. The molecular weight excluding hydrogens is 421 g/mol. The molecule has 1 aliphatic carbocycles. The van der Waals surface area contributed by atoms with E-state index in [9.17, 15) is 9.18 Å². The smallest absolute Gasteiger partial charge is 0.306 e. The molecule has 2 aromatic heterocycles. The van der Waals surface area contributed by atoms with E-state index in [0.717, 1.165) is 22.3 Å². The van der Waals surface area contributed by atoms with Crippen molar-refractivity contribution in [1.82, 2.24) is 9.97 Å². The number of hydrogen-bond donors (Lipinski definition) is 2. The number of rotatable bonds is 7. The molecule has 0 saturated heterocycles. The molecule has 7 heteroatoms. The first kappa shape index (κ1) is 20.9. The zero-order chi connectivity index (χ0) is 22.8. The number of halogens is 1. The van der Waals surface area contributed by atoms with Gasteiger partial charge in [-0.2, -0.15) is 4.98 Å². The van der Waals surface area contributed by atoms with Crippen molar-refractivity contribution in [3.05, 3.63) is 78.9 Å². The lowest BCUT2D eigenvalue weighted by Gasteiger charge is -2.31. The Morgan fingerprint density at radius 1 is 1.00 bits per heavy atom. The summed E-state index contributed by atoms with van der Waals surface area (Å²) in [4.78, 5) is 19.9. The number of oxazole rings is 1. The molecule has 166 valence electrons. The molecule has 2 heterocycles. The number of nitrogens with one attached hydrogen (secondary N) is 1. The molecule has 33 heavy (non-hydrogen) atoms. The fourth-order valence-electron chi connectivity index (χ4n) is 4.08. The van der Waals surface area contributed by atoms with Crippen molar-refractivity contribution in [3.63, 3.8) is 0 Å². The SMILES string of the molecule is O=C(O)C1CC(CNc2nc(-c3ccc(-c4ccc(F)cc4)cc3)c(-c3cccnc3)o2)C1. The standard InChI is InChI=1S/C26H22FN3O3/c27-22-9-7-18(8-10-22)17-3-5-19(6-4-17)23-24(20-2-1-11-28-15-20)33-26(30-23)29-14-16-12-21(13-16)25(31)32/h1-11,15-16,21H,12-14H2,(H,29,30)(H,31,32). The zero-order valence-corrected chi connectivity index (χ0v) is 17.7. The second-order valence-electron chi connectivity index (χ2n) is 8.28. The quantitative estimate of drug-likeness (QED) is 0.379. The van der Waals surface area contributed by atoms with Gasteiger partial charge in [-0.1, -0.05) is 36.4 Å². The van der Waals surface area contributed by atoms with Crippen LogP contribution < -0.4 is 5.32 Å². The number of anilines is 1. The fraction of sp³-hybridized carbons (Fsp3) is 0.192. The molecule has 0 unspecified atom stereocenters. The van der Waals surface area contributed by atoms with Crippen LogP contribution in [-0.4, -0.2) is 27.6 Å². The summed E-state index contributed by atoms with van der Waals surface area (Å²) in [5.74, 6) is -0.343. The summed E-state index contributed by atoms with van der Waals surface area (Å²) in [5.41, 5.74) is 4.28. The maximum Gasteiger partial charge on any atom is 0.306 e. The Labute approximate surface area is 190 Å². The number of aromatic nitrogens is 2. The van der Waals surface area contributed by atoms with E-state index < -0.39 is 5.97 Å². The van der Waals surface area contributed by atoms with Crippen LogP contribution in [0.1, 0.15) is 12.8 Å². The third-order valence-electron chi connectivity index (χ3n) is 6.01. The molecular formula is C26H22FN3O3. The molecule has 1 aliphatic rings. The van der Waals surface area contributed by atoms with Gasteiger partial charge < -0.3 is 14.8 Å². The normalized spacial score (nSPS) is 17.4. The van der Waals surface area contributed by atoms with Gasteiger partial charge in [-0.05, 0) is 54.2 Å². The second kappa shape index (κ2) is 8.86. The summed E-state index contributed by atoms with van der Waals surface area (Å²) in [7, 11) is 0. The minimum atomic E-state index is -0.729. The Hall–Kier alpha value is -4.00. The Bertz CT molecular complexity index is 1250. The summed E-state index contributed by atoms with van der Waals surface area (Å²) < 4.78 is 19.3. The molecule has 0 bridgehead atoms. The van der Waals surface area contributed by atoms with Gasteiger partial charge in [0.15, 0.2) is 5.76 Å². The van der Waals surface area contributed by atoms with Crippen molar-refractivity contribution < 1.29 is 18.7 Å². The third kappa shape index (κ3) is 4.48. The second-order valence-corrected chi connectivity index (χ2v) is 8.28.